The Hall–Kier alpha value is -2.29. The van der Waals surface area contributed by atoms with Crippen molar-refractivity contribution in [2.75, 3.05) is 6.54 Å². The number of nitrogens with zero attached hydrogens (tertiary/aromatic N) is 2. The molecule has 0 bridgehead atoms. The van der Waals surface area contributed by atoms with Crippen LogP contribution in [-0.4, -0.2) is 31.1 Å². The molecule has 0 spiro atoms. The second-order valence-electron chi connectivity index (χ2n) is 4.90. The molecule has 7 nitrogen and oxygen atoms in total. The van der Waals surface area contributed by atoms with Crippen molar-refractivity contribution in [2.45, 2.75) is 30.7 Å². The lowest BCUT2D eigenvalue weighted by Gasteiger charge is -2.01. The topological polar surface area (TPSA) is 102 Å². The first kappa shape index (κ1) is 17.1. The Labute approximate surface area is 132 Å². The standard InChI is InChI=1S/C14H16FN3O4S/c1-10(19)16-8-4-7-13-17-18-14(22-13)23(20,21)9-11-5-2-3-6-12(11)15/h2-3,5-6H,4,7-9H2,1H3,(H,16,19). The Morgan fingerprint density at radius 3 is 2.74 bits per heavy atom. The van der Waals surface area contributed by atoms with Gasteiger partial charge < -0.3 is 9.73 Å². The maximum atomic E-state index is 13.5. The van der Waals surface area contributed by atoms with Gasteiger partial charge in [0.25, 0.3) is 0 Å². The summed E-state index contributed by atoms with van der Waals surface area (Å²) in [5, 5.41) is 9.24. The van der Waals surface area contributed by atoms with Crippen molar-refractivity contribution in [1.29, 1.82) is 0 Å². The highest BCUT2D eigenvalue weighted by Gasteiger charge is 2.24. The van der Waals surface area contributed by atoms with Gasteiger partial charge >= 0.3 is 5.22 Å². The molecule has 0 saturated carbocycles. The molecule has 2 rings (SSSR count). The molecule has 1 aromatic carbocycles. The molecule has 1 N–H and O–H groups in total. The number of nitrogens with one attached hydrogen (secondary N) is 1. The lowest BCUT2D eigenvalue weighted by atomic mass is 10.2. The van der Waals surface area contributed by atoms with E-state index in [1.54, 1.807) is 6.07 Å². The minimum absolute atomic E-state index is 0.0397. The van der Waals surface area contributed by atoms with E-state index in [9.17, 15) is 17.6 Å². The van der Waals surface area contributed by atoms with Gasteiger partial charge in [-0.3, -0.25) is 4.79 Å². The predicted octanol–water partition coefficient (Wildman–Crippen LogP) is 1.25. The largest absolute Gasteiger partial charge is 0.413 e. The number of carbonyl (C=O) groups excluding carboxylic acids is 1. The fourth-order valence-electron chi connectivity index (χ4n) is 1.85. The van der Waals surface area contributed by atoms with E-state index in [1.807, 2.05) is 0 Å². The van der Waals surface area contributed by atoms with Crippen LogP contribution in [0.2, 0.25) is 0 Å². The maximum Gasteiger partial charge on any atom is 0.335 e. The van der Waals surface area contributed by atoms with Crippen LogP contribution in [0.25, 0.3) is 0 Å². The fourth-order valence-corrected chi connectivity index (χ4v) is 3.01. The van der Waals surface area contributed by atoms with E-state index in [1.165, 1.54) is 25.1 Å². The monoisotopic (exact) mass is 341 g/mol. The van der Waals surface area contributed by atoms with Crippen LogP contribution in [0.4, 0.5) is 4.39 Å². The zero-order valence-electron chi connectivity index (χ0n) is 12.5. The summed E-state index contributed by atoms with van der Waals surface area (Å²) in [5.74, 6) is -1.15. The van der Waals surface area contributed by atoms with Gasteiger partial charge in [-0.2, -0.15) is 0 Å². The summed E-state index contributed by atoms with van der Waals surface area (Å²) in [5.41, 5.74) is 0.0397. The predicted molar refractivity (Wildman–Crippen MR) is 78.6 cm³/mol. The third-order valence-corrected chi connectivity index (χ3v) is 4.35. The molecule has 0 aliphatic heterocycles. The molecule has 9 heteroatoms. The third kappa shape index (κ3) is 4.85. The fraction of sp³-hybridized carbons (Fsp3) is 0.357. The van der Waals surface area contributed by atoms with Gasteiger partial charge in [0.15, 0.2) is 0 Å². The lowest BCUT2D eigenvalue weighted by molar-refractivity contribution is -0.118. The summed E-state index contributed by atoms with van der Waals surface area (Å²) < 4.78 is 43.0. The Morgan fingerprint density at radius 1 is 1.30 bits per heavy atom. The molecule has 0 radical (unpaired) electrons. The highest BCUT2D eigenvalue weighted by Crippen LogP contribution is 2.17. The molecule has 1 aromatic heterocycles. The molecule has 0 saturated heterocycles. The quantitative estimate of drug-likeness (QED) is 0.761. The van der Waals surface area contributed by atoms with Crippen LogP contribution < -0.4 is 5.32 Å². The summed E-state index contributed by atoms with van der Waals surface area (Å²) in [6, 6.07) is 5.60. The molecule has 2 aromatic rings. The molecule has 0 aliphatic carbocycles. The summed E-state index contributed by atoms with van der Waals surface area (Å²) in [7, 11) is -3.91. The molecule has 0 unspecified atom stereocenters. The molecular formula is C14H16FN3O4S. The van der Waals surface area contributed by atoms with Crippen LogP contribution in [0, 0.1) is 5.82 Å². The van der Waals surface area contributed by atoms with E-state index in [-0.39, 0.29) is 17.4 Å². The Morgan fingerprint density at radius 2 is 2.04 bits per heavy atom. The number of amides is 1. The lowest BCUT2D eigenvalue weighted by Crippen LogP contribution is -2.21. The van der Waals surface area contributed by atoms with Crippen LogP contribution in [0.1, 0.15) is 24.8 Å². The van der Waals surface area contributed by atoms with Gasteiger partial charge in [0, 0.05) is 25.5 Å². The van der Waals surface area contributed by atoms with Gasteiger partial charge in [-0.15, -0.1) is 5.10 Å². The first-order valence-electron chi connectivity index (χ1n) is 6.91. The van der Waals surface area contributed by atoms with E-state index < -0.39 is 26.6 Å². The number of sulfone groups is 1. The Kier molecular flexibility index (Phi) is 5.43. The van der Waals surface area contributed by atoms with E-state index in [0.29, 0.717) is 19.4 Å². The molecule has 0 fully saturated rings. The summed E-state index contributed by atoms with van der Waals surface area (Å²) >= 11 is 0. The van der Waals surface area contributed by atoms with Gasteiger partial charge in [0.2, 0.25) is 21.6 Å². The number of carbonyl (C=O) groups is 1. The van der Waals surface area contributed by atoms with Gasteiger partial charge in [0.1, 0.15) is 5.82 Å². The maximum absolute atomic E-state index is 13.5. The van der Waals surface area contributed by atoms with Crippen LogP contribution in [-0.2, 0) is 26.8 Å². The Balaban J connectivity index is 2.01. The van der Waals surface area contributed by atoms with Gasteiger partial charge in [-0.1, -0.05) is 23.3 Å². The third-order valence-electron chi connectivity index (χ3n) is 2.96. The van der Waals surface area contributed by atoms with Crippen molar-refractivity contribution >= 4 is 15.7 Å². The number of aromatic nitrogens is 2. The molecule has 124 valence electrons. The zero-order chi connectivity index (χ0) is 16.9. The van der Waals surface area contributed by atoms with Crippen molar-refractivity contribution in [1.82, 2.24) is 15.5 Å². The number of benzene rings is 1. The van der Waals surface area contributed by atoms with Crippen LogP contribution in [0.5, 0.6) is 0 Å². The van der Waals surface area contributed by atoms with E-state index in [2.05, 4.69) is 15.5 Å². The van der Waals surface area contributed by atoms with E-state index in [4.69, 9.17) is 4.42 Å². The van der Waals surface area contributed by atoms with Crippen molar-refractivity contribution in [3.63, 3.8) is 0 Å². The molecule has 0 aliphatic rings. The summed E-state index contributed by atoms with van der Waals surface area (Å²) in [6.45, 7) is 1.83. The molecule has 23 heavy (non-hydrogen) atoms. The van der Waals surface area contributed by atoms with Gasteiger partial charge in [-0.25, -0.2) is 12.8 Å². The summed E-state index contributed by atoms with van der Waals surface area (Å²) in [6.07, 6.45) is 0.872. The van der Waals surface area contributed by atoms with Crippen LogP contribution in [0.3, 0.4) is 0 Å². The first-order valence-corrected chi connectivity index (χ1v) is 8.56. The minimum Gasteiger partial charge on any atom is -0.413 e. The molecule has 1 amide bonds. The minimum atomic E-state index is -3.91. The van der Waals surface area contributed by atoms with Crippen LogP contribution in [0.15, 0.2) is 33.9 Å². The van der Waals surface area contributed by atoms with Crippen LogP contribution >= 0.6 is 0 Å². The molecule has 0 atom stereocenters. The molecule has 1 heterocycles. The highest BCUT2D eigenvalue weighted by molar-refractivity contribution is 7.90. The van der Waals surface area contributed by atoms with Crippen molar-refractivity contribution < 1.29 is 22.0 Å². The highest BCUT2D eigenvalue weighted by atomic mass is 32.2. The van der Waals surface area contributed by atoms with E-state index >= 15 is 0 Å². The average Bonchev–Trinajstić information content (AvgIpc) is 2.95. The SMILES string of the molecule is CC(=O)NCCCc1nnc(S(=O)(=O)Cc2ccccc2F)o1. The van der Waals surface area contributed by atoms with Crippen molar-refractivity contribution in [2.24, 2.45) is 0 Å². The molecular weight excluding hydrogens is 325 g/mol. The number of halogens is 1. The number of aryl methyl sites for hydroxylation is 1. The second kappa shape index (κ2) is 7.32. The summed E-state index contributed by atoms with van der Waals surface area (Å²) in [4.78, 5) is 10.7. The normalized spacial score (nSPS) is 11.4. The number of hydrogen-bond donors (Lipinski definition) is 1. The zero-order valence-corrected chi connectivity index (χ0v) is 13.3. The smallest absolute Gasteiger partial charge is 0.335 e. The number of hydrogen-bond acceptors (Lipinski definition) is 6. The van der Waals surface area contributed by atoms with Gasteiger partial charge in [0.05, 0.1) is 5.75 Å². The average molecular weight is 341 g/mol. The van der Waals surface area contributed by atoms with Crippen molar-refractivity contribution in [3.05, 3.63) is 41.5 Å². The Bertz CT molecular complexity index is 789. The van der Waals surface area contributed by atoms with Gasteiger partial charge in [-0.05, 0) is 12.5 Å². The number of rotatable bonds is 7. The van der Waals surface area contributed by atoms with Crippen molar-refractivity contribution in [3.8, 4) is 0 Å². The second-order valence-corrected chi connectivity index (χ2v) is 6.77. The van der Waals surface area contributed by atoms with E-state index in [0.717, 1.165) is 0 Å². The first-order chi connectivity index (χ1) is 10.9.